The van der Waals surface area contributed by atoms with Gasteiger partial charge in [-0.05, 0) is 90.2 Å². The van der Waals surface area contributed by atoms with Gasteiger partial charge in [0.25, 0.3) is 0 Å². The lowest BCUT2D eigenvalue weighted by Gasteiger charge is -2.08. The molecule has 43 heavy (non-hydrogen) atoms. The van der Waals surface area contributed by atoms with Crippen LogP contribution in [0, 0.1) is 0 Å². The van der Waals surface area contributed by atoms with Gasteiger partial charge in [0, 0.05) is 22.9 Å². The molecule has 4 nitrogen and oxygen atoms in total. The molecule has 1 aromatic heterocycles. The molecule has 0 saturated carbocycles. The average molecular weight is 595 g/mol. The zero-order valence-electron chi connectivity index (χ0n) is 25.9. The Balaban J connectivity index is 1.22. The molecule has 0 spiro atoms. The molecule has 0 atom stereocenters. The average Bonchev–Trinajstić information content (AvgIpc) is 3.05. The maximum Gasteiger partial charge on any atom is 0.343 e. The lowest BCUT2D eigenvalue weighted by molar-refractivity contribution is 0.0735. The highest BCUT2D eigenvalue weighted by Gasteiger charge is 2.10. The number of thioether (sulfide) groups is 1. The van der Waals surface area contributed by atoms with E-state index in [4.69, 9.17) is 4.74 Å². The predicted molar refractivity (Wildman–Crippen MR) is 181 cm³/mol. The van der Waals surface area contributed by atoms with Crippen LogP contribution in [0.25, 0.3) is 22.5 Å². The Kier molecular flexibility index (Phi) is 13.8. The quantitative estimate of drug-likeness (QED) is 0.0496. The number of aromatic nitrogens is 2. The van der Waals surface area contributed by atoms with Crippen molar-refractivity contribution >= 4 is 17.7 Å². The monoisotopic (exact) mass is 594 g/mol. The van der Waals surface area contributed by atoms with Gasteiger partial charge in [-0.2, -0.15) is 0 Å². The van der Waals surface area contributed by atoms with Crippen molar-refractivity contribution in [3.8, 4) is 28.3 Å². The van der Waals surface area contributed by atoms with Crippen LogP contribution in [-0.2, 0) is 6.42 Å². The van der Waals surface area contributed by atoms with Gasteiger partial charge in [0.05, 0.1) is 5.56 Å². The van der Waals surface area contributed by atoms with E-state index in [2.05, 4.69) is 48.1 Å². The molecule has 0 amide bonds. The number of carbonyl (C=O) groups is 1. The number of hydrogen-bond acceptors (Lipinski definition) is 5. The Morgan fingerprint density at radius 3 is 1.79 bits per heavy atom. The second-order valence-corrected chi connectivity index (χ2v) is 12.4. The SMILES string of the molecule is CCCCCCCCCSc1ccc(-c2ccc(C(=O)Oc3ccc(-c4ncc(CCCCCC)cn4)cc3)cc2)cc1. The first-order chi connectivity index (χ1) is 21.2. The normalized spacial score (nSPS) is 11.0. The van der Waals surface area contributed by atoms with E-state index in [1.807, 2.05) is 60.6 Å². The zero-order chi connectivity index (χ0) is 30.1. The second-order valence-electron chi connectivity index (χ2n) is 11.2. The first-order valence-corrected chi connectivity index (χ1v) is 17.1. The molecule has 0 aliphatic carbocycles. The fourth-order valence-electron chi connectivity index (χ4n) is 5.02. The van der Waals surface area contributed by atoms with Gasteiger partial charge in [-0.1, -0.05) is 95.9 Å². The first-order valence-electron chi connectivity index (χ1n) is 16.1. The minimum atomic E-state index is -0.375. The van der Waals surface area contributed by atoms with E-state index in [1.54, 1.807) is 12.1 Å². The Morgan fingerprint density at radius 2 is 1.16 bits per heavy atom. The maximum absolute atomic E-state index is 12.8. The first kappa shape index (κ1) is 32.5. The molecule has 0 bridgehead atoms. The van der Waals surface area contributed by atoms with Crippen molar-refractivity contribution < 1.29 is 9.53 Å². The van der Waals surface area contributed by atoms with Gasteiger partial charge >= 0.3 is 5.97 Å². The highest BCUT2D eigenvalue weighted by Crippen LogP contribution is 2.26. The molecule has 0 aliphatic rings. The molecule has 0 saturated heterocycles. The van der Waals surface area contributed by atoms with Crippen LogP contribution in [0.3, 0.4) is 0 Å². The van der Waals surface area contributed by atoms with Crippen molar-refractivity contribution in [2.75, 3.05) is 5.75 Å². The summed E-state index contributed by atoms with van der Waals surface area (Å²) < 4.78 is 5.63. The lowest BCUT2D eigenvalue weighted by atomic mass is 10.0. The van der Waals surface area contributed by atoms with E-state index in [-0.39, 0.29) is 5.97 Å². The van der Waals surface area contributed by atoms with E-state index in [9.17, 15) is 4.79 Å². The minimum Gasteiger partial charge on any atom is -0.423 e. The third-order valence-electron chi connectivity index (χ3n) is 7.67. The summed E-state index contributed by atoms with van der Waals surface area (Å²) in [4.78, 5) is 23.2. The molecule has 226 valence electrons. The molecule has 0 N–H and O–H groups in total. The number of nitrogens with zero attached hydrogens (tertiary/aromatic N) is 2. The number of carbonyl (C=O) groups excluding carboxylic acids is 1. The summed E-state index contributed by atoms with van der Waals surface area (Å²) in [5.74, 6) is 1.97. The number of unbranched alkanes of at least 4 members (excludes halogenated alkanes) is 9. The Labute approximate surface area is 262 Å². The van der Waals surface area contributed by atoms with E-state index >= 15 is 0 Å². The molecular formula is C38H46N2O2S. The molecule has 4 aromatic rings. The van der Waals surface area contributed by atoms with Crippen molar-refractivity contribution in [1.82, 2.24) is 9.97 Å². The fraction of sp³-hybridized carbons (Fsp3) is 0.395. The zero-order valence-corrected chi connectivity index (χ0v) is 26.7. The summed E-state index contributed by atoms with van der Waals surface area (Å²) in [6.07, 6.45) is 19.2. The fourth-order valence-corrected chi connectivity index (χ4v) is 5.93. The lowest BCUT2D eigenvalue weighted by Crippen LogP contribution is -2.08. The molecule has 0 unspecified atom stereocenters. The third kappa shape index (κ3) is 11.0. The number of benzene rings is 3. The summed E-state index contributed by atoms with van der Waals surface area (Å²) in [7, 11) is 0. The molecular weight excluding hydrogens is 548 g/mol. The molecule has 1 heterocycles. The van der Waals surface area contributed by atoms with Gasteiger partial charge in [-0.3, -0.25) is 0 Å². The van der Waals surface area contributed by atoms with E-state index in [0.29, 0.717) is 17.1 Å². The number of hydrogen-bond donors (Lipinski definition) is 0. The van der Waals surface area contributed by atoms with E-state index in [0.717, 1.165) is 23.1 Å². The van der Waals surface area contributed by atoms with Gasteiger partial charge < -0.3 is 4.74 Å². The van der Waals surface area contributed by atoms with Crippen LogP contribution in [0.2, 0.25) is 0 Å². The second kappa shape index (κ2) is 18.3. The van der Waals surface area contributed by atoms with Crippen molar-refractivity contribution in [1.29, 1.82) is 0 Å². The molecule has 0 fully saturated rings. The molecule has 0 aliphatic heterocycles. The van der Waals surface area contributed by atoms with Crippen molar-refractivity contribution in [2.45, 2.75) is 95.8 Å². The summed E-state index contributed by atoms with van der Waals surface area (Å²) in [6, 6.07) is 23.7. The van der Waals surface area contributed by atoms with Crippen LogP contribution < -0.4 is 4.74 Å². The Morgan fingerprint density at radius 1 is 0.628 bits per heavy atom. The largest absolute Gasteiger partial charge is 0.423 e. The van der Waals surface area contributed by atoms with Crippen LogP contribution in [0.15, 0.2) is 90.1 Å². The topological polar surface area (TPSA) is 52.1 Å². The van der Waals surface area contributed by atoms with Crippen LogP contribution in [0.5, 0.6) is 5.75 Å². The summed E-state index contributed by atoms with van der Waals surface area (Å²) in [5.41, 5.74) is 4.80. The number of aryl methyl sites for hydroxylation is 1. The smallest absolute Gasteiger partial charge is 0.343 e. The van der Waals surface area contributed by atoms with Crippen LogP contribution in [-0.4, -0.2) is 21.7 Å². The van der Waals surface area contributed by atoms with Gasteiger partial charge in [0.1, 0.15) is 5.75 Å². The predicted octanol–water partition coefficient (Wildman–Crippen LogP) is 11.0. The van der Waals surface area contributed by atoms with Gasteiger partial charge in [0.15, 0.2) is 5.82 Å². The molecule has 5 heteroatoms. The Bertz CT molecular complexity index is 1350. The third-order valence-corrected chi connectivity index (χ3v) is 8.77. The van der Waals surface area contributed by atoms with Crippen molar-refractivity contribution in [2.24, 2.45) is 0 Å². The summed E-state index contributed by atoms with van der Waals surface area (Å²) in [5, 5.41) is 0. The van der Waals surface area contributed by atoms with Crippen LogP contribution in [0.4, 0.5) is 0 Å². The van der Waals surface area contributed by atoms with E-state index in [1.165, 1.54) is 86.8 Å². The van der Waals surface area contributed by atoms with Crippen LogP contribution >= 0.6 is 11.8 Å². The van der Waals surface area contributed by atoms with Gasteiger partial charge in [-0.25, -0.2) is 14.8 Å². The van der Waals surface area contributed by atoms with Crippen molar-refractivity contribution in [3.05, 3.63) is 96.3 Å². The summed E-state index contributed by atoms with van der Waals surface area (Å²) >= 11 is 1.94. The highest BCUT2D eigenvalue weighted by atomic mass is 32.2. The number of rotatable bonds is 18. The minimum absolute atomic E-state index is 0.375. The highest BCUT2D eigenvalue weighted by molar-refractivity contribution is 7.99. The Hall–Kier alpha value is -3.44. The van der Waals surface area contributed by atoms with Crippen molar-refractivity contribution in [3.63, 3.8) is 0 Å². The van der Waals surface area contributed by atoms with Gasteiger partial charge in [-0.15, -0.1) is 11.8 Å². The van der Waals surface area contributed by atoms with E-state index < -0.39 is 0 Å². The number of ether oxygens (including phenoxy) is 1. The van der Waals surface area contributed by atoms with Crippen LogP contribution in [0.1, 0.15) is 100 Å². The van der Waals surface area contributed by atoms with Gasteiger partial charge in [0.2, 0.25) is 0 Å². The molecule has 4 rings (SSSR count). The summed E-state index contributed by atoms with van der Waals surface area (Å²) in [6.45, 7) is 4.49. The number of esters is 1. The standard InChI is InChI=1S/C38H46N2O2S/c1-3-5-7-9-10-11-13-27-43-36-25-21-32(22-26-36)31-15-17-34(18-16-31)38(41)42-35-23-19-33(20-24-35)37-39-28-30(29-40-37)14-12-8-6-4-2/h15-26,28-29H,3-14,27H2,1-2H3. The molecule has 0 radical (unpaired) electrons. The molecule has 3 aromatic carbocycles. The maximum atomic E-state index is 12.8.